The fourth-order valence-electron chi connectivity index (χ4n) is 3.06. The Hall–Kier alpha value is -3.45. The van der Waals surface area contributed by atoms with Crippen LogP contribution in [-0.4, -0.2) is 23.5 Å². The number of anilines is 1. The molecule has 0 atom stereocenters. The number of hydrogen-bond donors (Lipinski definition) is 1. The molecule has 1 fully saturated rings. The molecule has 0 aliphatic carbocycles. The molecule has 2 aromatic rings. The Labute approximate surface area is 173 Å². The highest BCUT2D eigenvalue weighted by Crippen LogP contribution is 2.27. The molecule has 2 aliphatic heterocycles. The molecule has 2 amide bonds. The van der Waals surface area contributed by atoms with Gasteiger partial charge in [0.15, 0.2) is 5.11 Å². The molecule has 0 unspecified atom stereocenters. The summed E-state index contributed by atoms with van der Waals surface area (Å²) in [6, 6.07) is 16.3. The lowest BCUT2D eigenvalue weighted by Gasteiger charge is -2.29. The third-order valence-electron chi connectivity index (χ3n) is 4.47. The monoisotopic (exact) mass is 406 g/mol. The molecule has 1 N–H and O–H groups in total. The number of hydrogen-bond acceptors (Lipinski definition) is 5. The number of ether oxygens (including phenoxy) is 2. The highest BCUT2D eigenvalue weighted by molar-refractivity contribution is 7.80. The highest BCUT2D eigenvalue weighted by atomic mass is 32.1. The van der Waals surface area contributed by atoms with Crippen molar-refractivity contribution in [3.63, 3.8) is 0 Å². The minimum absolute atomic E-state index is 0.0277. The Morgan fingerprint density at radius 1 is 1.03 bits per heavy atom. The normalized spacial score (nSPS) is 18.2. The second-order valence-corrected chi connectivity index (χ2v) is 6.92. The first-order valence-corrected chi connectivity index (χ1v) is 9.58. The second kappa shape index (κ2) is 8.28. The molecule has 0 saturated carbocycles. The SMILES string of the molecule is O=C1NC(=S)N(c2ccc(Oc3ccccc3)cc2)C(=O)C1=CC1=COCCC1. The van der Waals surface area contributed by atoms with Crippen LogP contribution in [0.15, 0.2) is 78.1 Å². The summed E-state index contributed by atoms with van der Waals surface area (Å²) in [5, 5.41) is 2.63. The molecule has 1 saturated heterocycles. The van der Waals surface area contributed by atoms with E-state index in [1.807, 2.05) is 30.3 Å². The van der Waals surface area contributed by atoms with Gasteiger partial charge in [-0.1, -0.05) is 18.2 Å². The van der Waals surface area contributed by atoms with E-state index in [1.54, 1.807) is 36.6 Å². The van der Waals surface area contributed by atoms with Gasteiger partial charge >= 0.3 is 0 Å². The summed E-state index contributed by atoms with van der Waals surface area (Å²) in [6.07, 6.45) is 4.75. The fraction of sp³-hybridized carbons (Fsp3) is 0.136. The number of amides is 2. The number of benzene rings is 2. The first kappa shape index (κ1) is 18.9. The van der Waals surface area contributed by atoms with Crippen molar-refractivity contribution >= 4 is 34.8 Å². The molecular weight excluding hydrogens is 388 g/mol. The zero-order chi connectivity index (χ0) is 20.2. The van der Waals surface area contributed by atoms with Crippen molar-refractivity contribution in [2.75, 3.05) is 11.5 Å². The molecule has 0 spiro atoms. The molecule has 2 heterocycles. The fourth-order valence-corrected chi connectivity index (χ4v) is 3.34. The molecule has 6 nitrogen and oxygen atoms in total. The smallest absolute Gasteiger partial charge is 0.270 e. The van der Waals surface area contributed by atoms with Crippen LogP contribution in [0.3, 0.4) is 0 Å². The van der Waals surface area contributed by atoms with Gasteiger partial charge in [-0.15, -0.1) is 0 Å². The van der Waals surface area contributed by atoms with Crippen LogP contribution in [0, 0.1) is 0 Å². The van der Waals surface area contributed by atoms with Crippen LogP contribution in [0.25, 0.3) is 0 Å². The molecule has 7 heteroatoms. The van der Waals surface area contributed by atoms with Crippen LogP contribution in [0.1, 0.15) is 12.8 Å². The lowest BCUT2D eigenvalue weighted by atomic mass is 10.0. The van der Waals surface area contributed by atoms with E-state index in [-0.39, 0.29) is 10.7 Å². The van der Waals surface area contributed by atoms with Gasteiger partial charge in [0.1, 0.15) is 17.1 Å². The van der Waals surface area contributed by atoms with Crippen molar-refractivity contribution in [3.8, 4) is 11.5 Å². The Morgan fingerprint density at radius 2 is 1.76 bits per heavy atom. The minimum Gasteiger partial charge on any atom is -0.501 e. The zero-order valence-corrected chi connectivity index (χ0v) is 16.3. The second-order valence-electron chi connectivity index (χ2n) is 6.53. The summed E-state index contributed by atoms with van der Waals surface area (Å²) in [5.74, 6) is 0.360. The van der Waals surface area contributed by atoms with Crippen LogP contribution in [-0.2, 0) is 14.3 Å². The predicted molar refractivity (Wildman–Crippen MR) is 113 cm³/mol. The van der Waals surface area contributed by atoms with Crippen molar-refractivity contribution in [1.82, 2.24) is 5.32 Å². The average molecular weight is 406 g/mol. The first-order valence-electron chi connectivity index (χ1n) is 9.17. The Balaban J connectivity index is 1.57. The summed E-state index contributed by atoms with van der Waals surface area (Å²) in [6.45, 7) is 0.639. The van der Waals surface area contributed by atoms with Crippen molar-refractivity contribution < 1.29 is 19.1 Å². The maximum absolute atomic E-state index is 13.0. The standard InChI is InChI=1S/C22H18N2O4S/c25-20-19(13-15-5-4-12-27-14-15)21(26)24(22(29)23-20)16-8-10-18(11-9-16)28-17-6-2-1-3-7-17/h1-3,6-11,13-14H,4-5,12H2,(H,23,25,29). The van der Waals surface area contributed by atoms with Gasteiger partial charge in [-0.2, -0.15) is 0 Å². The first-order chi connectivity index (χ1) is 14.1. The number of nitrogens with one attached hydrogen (secondary N) is 1. The summed E-state index contributed by atoms with van der Waals surface area (Å²) in [7, 11) is 0. The highest BCUT2D eigenvalue weighted by Gasteiger charge is 2.34. The molecular formula is C22H18N2O4S. The minimum atomic E-state index is -0.508. The predicted octanol–water partition coefficient (Wildman–Crippen LogP) is 3.85. The Kier molecular flexibility index (Phi) is 5.39. The lowest BCUT2D eigenvalue weighted by Crippen LogP contribution is -2.54. The van der Waals surface area contributed by atoms with Crippen molar-refractivity contribution in [1.29, 1.82) is 0 Å². The van der Waals surface area contributed by atoms with Crippen molar-refractivity contribution in [2.45, 2.75) is 12.8 Å². The molecule has 0 aromatic heterocycles. The maximum atomic E-state index is 13.0. The molecule has 2 aliphatic rings. The largest absolute Gasteiger partial charge is 0.501 e. The number of rotatable bonds is 4. The van der Waals surface area contributed by atoms with Crippen molar-refractivity contribution in [3.05, 3.63) is 78.1 Å². The van der Waals surface area contributed by atoms with Crippen molar-refractivity contribution in [2.24, 2.45) is 0 Å². The number of thiocarbonyl (C=S) groups is 1. The molecule has 0 radical (unpaired) electrons. The maximum Gasteiger partial charge on any atom is 0.270 e. The van der Waals surface area contributed by atoms with E-state index in [9.17, 15) is 9.59 Å². The summed E-state index contributed by atoms with van der Waals surface area (Å²) in [5.41, 5.74) is 1.37. The van der Waals surface area contributed by atoms with E-state index >= 15 is 0 Å². The zero-order valence-electron chi connectivity index (χ0n) is 15.5. The van der Waals surface area contributed by atoms with E-state index in [2.05, 4.69) is 5.32 Å². The van der Waals surface area contributed by atoms with E-state index in [1.165, 1.54) is 4.90 Å². The molecule has 29 heavy (non-hydrogen) atoms. The number of para-hydroxylation sites is 1. The molecule has 146 valence electrons. The van der Waals surface area contributed by atoms with E-state index in [0.717, 1.165) is 18.4 Å². The van der Waals surface area contributed by atoms with Gasteiger partial charge in [0.05, 0.1) is 18.6 Å². The van der Waals surface area contributed by atoms with Gasteiger partial charge in [0.25, 0.3) is 11.8 Å². The third-order valence-corrected chi connectivity index (χ3v) is 4.75. The lowest BCUT2D eigenvalue weighted by molar-refractivity contribution is -0.122. The molecule has 2 aromatic carbocycles. The molecule has 0 bridgehead atoms. The summed E-state index contributed by atoms with van der Waals surface area (Å²) >= 11 is 5.23. The topological polar surface area (TPSA) is 67.9 Å². The number of carbonyl (C=O) groups is 2. The summed E-state index contributed by atoms with van der Waals surface area (Å²) in [4.78, 5) is 26.6. The van der Waals surface area contributed by atoms with Gasteiger partial charge in [-0.25, -0.2) is 0 Å². The van der Waals surface area contributed by atoms with E-state index in [0.29, 0.717) is 23.8 Å². The van der Waals surface area contributed by atoms with Crippen LogP contribution in [0.5, 0.6) is 11.5 Å². The van der Waals surface area contributed by atoms with Gasteiger partial charge in [0, 0.05) is 0 Å². The van der Waals surface area contributed by atoms with Crippen LogP contribution >= 0.6 is 12.2 Å². The Bertz CT molecular complexity index is 1010. The number of allylic oxidation sites excluding steroid dienone is 2. The van der Waals surface area contributed by atoms with Gasteiger partial charge < -0.3 is 9.47 Å². The summed E-state index contributed by atoms with van der Waals surface area (Å²) < 4.78 is 11.1. The van der Waals surface area contributed by atoms with Gasteiger partial charge in [-0.05, 0) is 73.1 Å². The van der Waals surface area contributed by atoms with E-state index in [4.69, 9.17) is 21.7 Å². The number of nitrogens with zero attached hydrogens (tertiary/aromatic N) is 1. The average Bonchev–Trinajstić information content (AvgIpc) is 2.74. The van der Waals surface area contributed by atoms with Crippen LogP contribution in [0.4, 0.5) is 5.69 Å². The van der Waals surface area contributed by atoms with Crippen LogP contribution in [0.2, 0.25) is 0 Å². The number of carbonyl (C=O) groups excluding carboxylic acids is 2. The quantitative estimate of drug-likeness (QED) is 0.475. The molecule has 4 rings (SSSR count). The van der Waals surface area contributed by atoms with Gasteiger partial charge in [0.2, 0.25) is 0 Å². The van der Waals surface area contributed by atoms with Gasteiger partial charge in [-0.3, -0.25) is 19.8 Å². The van der Waals surface area contributed by atoms with E-state index < -0.39 is 11.8 Å². The third kappa shape index (κ3) is 4.20. The Morgan fingerprint density at radius 3 is 2.45 bits per heavy atom. The van der Waals surface area contributed by atoms with Crippen LogP contribution < -0.4 is 15.0 Å².